The third-order valence-electron chi connectivity index (χ3n) is 4.57. The Labute approximate surface area is 119 Å². The first kappa shape index (κ1) is 14.8. The first-order valence-corrected chi connectivity index (χ1v) is 7.34. The molecule has 1 aromatic rings. The average Bonchev–Trinajstić information content (AvgIpc) is 2.32. The molecule has 1 saturated carbocycles. The number of aliphatic hydroxyl groups is 1. The van der Waals surface area contributed by atoms with Crippen LogP contribution < -0.4 is 0 Å². The van der Waals surface area contributed by atoms with Crippen molar-refractivity contribution in [3.05, 3.63) is 34.1 Å². The quantitative estimate of drug-likeness (QED) is 0.807. The molecular weight excluding hydrogens is 263 g/mol. The highest BCUT2D eigenvalue weighted by molar-refractivity contribution is 6.31. The van der Waals surface area contributed by atoms with Crippen molar-refractivity contribution in [1.82, 2.24) is 0 Å². The van der Waals surface area contributed by atoms with Crippen LogP contribution in [-0.4, -0.2) is 5.11 Å². The Balaban J connectivity index is 2.33. The van der Waals surface area contributed by atoms with E-state index in [0.29, 0.717) is 16.1 Å². The minimum Gasteiger partial charge on any atom is -0.388 e. The van der Waals surface area contributed by atoms with Crippen LogP contribution in [0.3, 0.4) is 0 Å². The van der Waals surface area contributed by atoms with Crippen LogP contribution in [0.25, 0.3) is 0 Å². The molecule has 1 aliphatic carbocycles. The fraction of sp³-hybridized carbons (Fsp3) is 0.625. The molecule has 0 bridgehead atoms. The first-order chi connectivity index (χ1) is 8.83. The number of aliphatic hydroxyl groups excluding tert-OH is 1. The molecule has 2 rings (SSSR count). The minimum absolute atomic E-state index is 0.100. The molecule has 3 heteroatoms. The lowest BCUT2D eigenvalue weighted by Crippen LogP contribution is -2.32. The topological polar surface area (TPSA) is 20.2 Å². The Bertz CT molecular complexity index is 470. The van der Waals surface area contributed by atoms with Crippen LogP contribution in [0.1, 0.15) is 56.8 Å². The Hall–Kier alpha value is -0.600. The van der Waals surface area contributed by atoms with Crippen molar-refractivity contribution in [2.75, 3.05) is 0 Å². The molecule has 1 N–H and O–H groups in total. The second-order valence-corrected chi connectivity index (χ2v) is 6.82. The van der Waals surface area contributed by atoms with Crippen LogP contribution in [0.5, 0.6) is 0 Å². The predicted octanol–water partition coefficient (Wildman–Crippen LogP) is 5.04. The van der Waals surface area contributed by atoms with Gasteiger partial charge in [0.25, 0.3) is 0 Å². The van der Waals surface area contributed by atoms with Gasteiger partial charge in [-0.2, -0.15) is 0 Å². The molecule has 1 nitrogen and oxygen atoms in total. The third kappa shape index (κ3) is 2.95. The second-order valence-electron chi connectivity index (χ2n) is 6.41. The summed E-state index contributed by atoms with van der Waals surface area (Å²) in [6.45, 7) is 6.10. The molecule has 0 aromatic heterocycles. The molecule has 0 radical (unpaired) electrons. The maximum atomic E-state index is 13.5. The zero-order chi connectivity index (χ0) is 14.2. The number of aryl methyl sites for hydroxylation is 1. The standard InChI is InChI=1S/C16H22ClFO/c1-10-8-11(13(17)9-14(10)18)15(19)12-6-4-5-7-16(12,2)3/h8-9,12,15,19H,4-7H2,1-3H3. The highest BCUT2D eigenvalue weighted by Gasteiger charge is 2.38. The number of rotatable bonds is 2. The fourth-order valence-corrected chi connectivity index (χ4v) is 3.49. The van der Waals surface area contributed by atoms with Gasteiger partial charge in [0.1, 0.15) is 5.82 Å². The summed E-state index contributed by atoms with van der Waals surface area (Å²) in [5, 5.41) is 11.0. The average molecular weight is 285 g/mol. The van der Waals surface area contributed by atoms with Gasteiger partial charge in [0.05, 0.1) is 6.10 Å². The van der Waals surface area contributed by atoms with Gasteiger partial charge in [0.2, 0.25) is 0 Å². The van der Waals surface area contributed by atoms with Crippen LogP contribution in [-0.2, 0) is 0 Å². The summed E-state index contributed by atoms with van der Waals surface area (Å²) in [7, 11) is 0. The molecular formula is C16H22ClFO. The van der Waals surface area contributed by atoms with Crippen LogP contribution >= 0.6 is 11.6 Å². The number of benzene rings is 1. The lowest BCUT2D eigenvalue weighted by Gasteiger charge is -2.41. The lowest BCUT2D eigenvalue weighted by molar-refractivity contribution is 0.00385. The molecule has 106 valence electrons. The van der Waals surface area contributed by atoms with E-state index in [0.717, 1.165) is 19.3 Å². The van der Waals surface area contributed by atoms with E-state index in [9.17, 15) is 9.50 Å². The van der Waals surface area contributed by atoms with E-state index in [4.69, 9.17) is 11.6 Å². The summed E-state index contributed by atoms with van der Waals surface area (Å²) < 4.78 is 13.5. The van der Waals surface area contributed by atoms with Crippen molar-refractivity contribution in [2.24, 2.45) is 11.3 Å². The summed E-state index contributed by atoms with van der Waals surface area (Å²) in [5.41, 5.74) is 1.30. The number of halogens is 2. The van der Waals surface area contributed by atoms with Gasteiger partial charge in [0, 0.05) is 5.02 Å². The normalized spacial score (nSPS) is 24.2. The van der Waals surface area contributed by atoms with Crippen LogP contribution in [0.2, 0.25) is 5.02 Å². The van der Waals surface area contributed by atoms with Gasteiger partial charge in [-0.15, -0.1) is 0 Å². The van der Waals surface area contributed by atoms with Crippen molar-refractivity contribution < 1.29 is 9.50 Å². The molecule has 0 heterocycles. The minimum atomic E-state index is -0.609. The molecule has 0 aliphatic heterocycles. The molecule has 0 amide bonds. The Morgan fingerprint density at radius 3 is 2.68 bits per heavy atom. The monoisotopic (exact) mass is 284 g/mol. The summed E-state index contributed by atoms with van der Waals surface area (Å²) in [4.78, 5) is 0. The predicted molar refractivity (Wildman–Crippen MR) is 76.8 cm³/mol. The van der Waals surface area contributed by atoms with Crippen molar-refractivity contribution in [3.8, 4) is 0 Å². The number of hydrogen-bond donors (Lipinski definition) is 1. The molecule has 19 heavy (non-hydrogen) atoms. The highest BCUT2D eigenvalue weighted by Crippen LogP contribution is 2.47. The van der Waals surface area contributed by atoms with Crippen molar-refractivity contribution >= 4 is 11.6 Å². The van der Waals surface area contributed by atoms with E-state index in [2.05, 4.69) is 13.8 Å². The van der Waals surface area contributed by atoms with E-state index < -0.39 is 6.10 Å². The van der Waals surface area contributed by atoms with Crippen LogP contribution in [0.15, 0.2) is 12.1 Å². The first-order valence-electron chi connectivity index (χ1n) is 6.96. The summed E-state index contributed by atoms with van der Waals surface area (Å²) in [6.07, 6.45) is 3.87. The Kier molecular flexibility index (Phi) is 4.22. The lowest BCUT2D eigenvalue weighted by atomic mass is 9.65. The van der Waals surface area contributed by atoms with Gasteiger partial charge in [-0.25, -0.2) is 4.39 Å². The van der Waals surface area contributed by atoms with E-state index in [1.54, 1.807) is 13.0 Å². The molecule has 0 saturated heterocycles. The summed E-state index contributed by atoms with van der Waals surface area (Å²) in [6, 6.07) is 3.00. The molecule has 2 atom stereocenters. The van der Waals surface area contributed by atoms with E-state index in [-0.39, 0.29) is 17.2 Å². The van der Waals surface area contributed by atoms with Gasteiger partial charge in [-0.3, -0.25) is 0 Å². The molecule has 1 aliphatic rings. The summed E-state index contributed by atoms with van der Waals surface area (Å²) in [5.74, 6) is -0.132. The third-order valence-corrected chi connectivity index (χ3v) is 4.90. The Morgan fingerprint density at radius 2 is 2.05 bits per heavy atom. The van der Waals surface area contributed by atoms with Crippen LogP contribution in [0, 0.1) is 24.1 Å². The molecule has 1 fully saturated rings. The van der Waals surface area contributed by atoms with Gasteiger partial charge < -0.3 is 5.11 Å². The SMILES string of the molecule is Cc1cc(C(O)C2CCCCC2(C)C)c(Cl)cc1F. The van der Waals surface area contributed by atoms with E-state index in [1.807, 2.05) is 0 Å². The zero-order valence-corrected chi connectivity index (χ0v) is 12.6. The smallest absolute Gasteiger partial charge is 0.127 e. The van der Waals surface area contributed by atoms with Gasteiger partial charge in [0.15, 0.2) is 0 Å². The van der Waals surface area contributed by atoms with Gasteiger partial charge >= 0.3 is 0 Å². The largest absolute Gasteiger partial charge is 0.388 e. The molecule has 2 unspecified atom stereocenters. The maximum Gasteiger partial charge on any atom is 0.127 e. The molecule has 1 aromatic carbocycles. The van der Waals surface area contributed by atoms with Gasteiger partial charge in [-0.05, 0) is 54.4 Å². The number of hydrogen-bond acceptors (Lipinski definition) is 1. The molecule has 0 spiro atoms. The highest BCUT2D eigenvalue weighted by atomic mass is 35.5. The fourth-order valence-electron chi connectivity index (χ4n) is 3.23. The van der Waals surface area contributed by atoms with Crippen molar-refractivity contribution in [2.45, 2.75) is 52.6 Å². The summed E-state index contributed by atoms with van der Waals surface area (Å²) >= 11 is 6.11. The van der Waals surface area contributed by atoms with Crippen LogP contribution in [0.4, 0.5) is 4.39 Å². The van der Waals surface area contributed by atoms with Crippen molar-refractivity contribution in [1.29, 1.82) is 0 Å². The second kappa shape index (κ2) is 5.41. The van der Waals surface area contributed by atoms with E-state index >= 15 is 0 Å². The van der Waals surface area contributed by atoms with Crippen molar-refractivity contribution in [3.63, 3.8) is 0 Å². The Morgan fingerprint density at radius 1 is 1.37 bits per heavy atom. The van der Waals surface area contributed by atoms with E-state index in [1.165, 1.54) is 12.5 Å². The van der Waals surface area contributed by atoms with Gasteiger partial charge in [-0.1, -0.05) is 38.3 Å². The zero-order valence-electron chi connectivity index (χ0n) is 11.8. The maximum absolute atomic E-state index is 13.5.